The summed E-state index contributed by atoms with van der Waals surface area (Å²) < 4.78 is 36.0. The summed E-state index contributed by atoms with van der Waals surface area (Å²) >= 11 is 0. The van der Waals surface area contributed by atoms with Crippen molar-refractivity contribution in [2.75, 3.05) is 7.11 Å². The van der Waals surface area contributed by atoms with Gasteiger partial charge in [0.2, 0.25) is 0 Å². The number of ether oxygens (including phenoxy) is 2. The summed E-state index contributed by atoms with van der Waals surface area (Å²) in [5, 5.41) is 4.14. The summed E-state index contributed by atoms with van der Waals surface area (Å²) in [4.78, 5) is 29.8. The van der Waals surface area contributed by atoms with Gasteiger partial charge in [0, 0.05) is 47.1 Å². The van der Waals surface area contributed by atoms with Gasteiger partial charge < -0.3 is 19.8 Å². The van der Waals surface area contributed by atoms with E-state index < -0.39 is 24.4 Å². The number of hydrogen-bond acceptors (Lipinski definition) is 5. The number of carbonyl (C=O) groups is 2. The van der Waals surface area contributed by atoms with Gasteiger partial charge in [-0.05, 0) is 48.6 Å². The number of halogens is 2. The monoisotopic (exact) mass is 480 g/mol. The molecule has 182 valence electrons. The van der Waals surface area contributed by atoms with Crippen LogP contribution in [0.4, 0.5) is 8.78 Å². The van der Waals surface area contributed by atoms with Gasteiger partial charge in [-0.1, -0.05) is 30.3 Å². The first-order valence-electron chi connectivity index (χ1n) is 11.6. The van der Waals surface area contributed by atoms with Crippen LogP contribution in [0.2, 0.25) is 0 Å². The number of benzene rings is 2. The summed E-state index contributed by atoms with van der Waals surface area (Å²) in [5.41, 5.74) is 3.06. The van der Waals surface area contributed by atoms with E-state index in [-0.39, 0.29) is 29.7 Å². The number of fused-ring (bicyclic) bond motifs is 2. The minimum Gasteiger partial charge on any atom is -0.496 e. The minimum absolute atomic E-state index is 0.0305. The smallest absolute Gasteiger partial charge is 0.389 e. The number of hydrogen-bond donors (Lipinski definition) is 2. The van der Waals surface area contributed by atoms with Crippen LogP contribution in [0.1, 0.15) is 42.7 Å². The number of methoxy groups -OCH3 is 1. The van der Waals surface area contributed by atoms with Crippen molar-refractivity contribution in [1.82, 2.24) is 10.3 Å². The molecule has 0 amide bonds. The molecule has 0 radical (unpaired) electrons. The number of Topliss-reactive ketones (excluding diaryl/α,β-unsaturated/α-hetero) is 1. The Morgan fingerprint density at radius 1 is 1.09 bits per heavy atom. The number of H-pyrrole nitrogens is 1. The number of aromatic nitrogens is 1. The van der Waals surface area contributed by atoms with Crippen LogP contribution in [0.25, 0.3) is 10.9 Å². The van der Waals surface area contributed by atoms with Crippen LogP contribution in [0.5, 0.6) is 5.75 Å². The summed E-state index contributed by atoms with van der Waals surface area (Å²) in [6, 6.07) is 14.8. The van der Waals surface area contributed by atoms with E-state index in [1.165, 1.54) is 0 Å². The highest BCUT2D eigenvalue weighted by molar-refractivity contribution is 5.97. The fourth-order valence-electron chi connectivity index (χ4n) is 5.87. The first-order chi connectivity index (χ1) is 16.9. The van der Waals surface area contributed by atoms with Crippen LogP contribution in [0.15, 0.2) is 66.0 Å². The van der Waals surface area contributed by atoms with Crippen molar-refractivity contribution < 1.29 is 27.8 Å². The zero-order valence-electron chi connectivity index (χ0n) is 19.4. The fourth-order valence-corrected chi connectivity index (χ4v) is 5.87. The summed E-state index contributed by atoms with van der Waals surface area (Å²) in [6.45, 7) is -1.57. The molecular weight excluding hydrogens is 454 g/mol. The number of aromatic amines is 1. The standard InChI is InChI=1S/C27H26F2N2O4/c1-14-23(26(33)35-27(28)29)24(18-7-5-8-19-17(18)10-11-30-19)25-20(31-14)12-15(13-21(25)32)16-6-3-4-9-22(16)34-2/h3-11,15,20,24-25,27,30-31H,12-13H2,1-2H3/t15-,20?,24-,25?/m1/s1. The Balaban J connectivity index is 1.61. The van der Waals surface area contributed by atoms with Gasteiger partial charge in [0.1, 0.15) is 11.5 Å². The molecule has 3 aromatic rings. The summed E-state index contributed by atoms with van der Waals surface area (Å²) in [6.07, 6.45) is 2.67. The number of ketones is 1. The molecule has 0 spiro atoms. The quantitative estimate of drug-likeness (QED) is 0.501. The van der Waals surface area contributed by atoms with E-state index in [1.54, 1.807) is 20.2 Å². The molecule has 1 aromatic heterocycles. The molecule has 1 fully saturated rings. The number of nitrogens with one attached hydrogen (secondary N) is 2. The normalized spacial score (nSPS) is 24.3. The van der Waals surface area contributed by atoms with Crippen molar-refractivity contribution in [2.45, 2.75) is 44.3 Å². The van der Waals surface area contributed by atoms with Crippen molar-refractivity contribution >= 4 is 22.7 Å². The molecule has 1 saturated carbocycles. The third kappa shape index (κ3) is 4.07. The van der Waals surface area contributed by atoms with Gasteiger partial charge in [0.25, 0.3) is 0 Å². The number of para-hydroxylation sites is 1. The van der Waals surface area contributed by atoms with E-state index in [1.807, 2.05) is 48.5 Å². The molecule has 5 rings (SSSR count). The van der Waals surface area contributed by atoms with Gasteiger partial charge in [-0.3, -0.25) is 4.79 Å². The second kappa shape index (κ2) is 9.17. The van der Waals surface area contributed by atoms with E-state index in [0.717, 1.165) is 27.8 Å². The van der Waals surface area contributed by atoms with Gasteiger partial charge in [-0.15, -0.1) is 0 Å². The van der Waals surface area contributed by atoms with Gasteiger partial charge in [0.05, 0.1) is 12.7 Å². The number of alkyl halides is 2. The number of rotatable bonds is 5. The molecule has 1 aliphatic carbocycles. The minimum atomic E-state index is -3.25. The number of esters is 1. The maximum Gasteiger partial charge on any atom is 0.389 e. The lowest BCUT2D eigenvalue weighted by Gasteiger charge is -2.45. The second-order valence-electron chi connectivity index (χ2n) is 9.09. The van der Waals surface area contributed by atoms with Gasteiger partial charge in [-0.25, -0.2) is 4.79 Å². The van der Waals surface area contributed by atoms with Crippen LogP contribution in [-0.4, -0.2) is 36.5 Å². The molecular formula is C27H26F2N2O4. The molecule has 0 saturated heterocycles. The average molecular weight is 481 g/mol. The Bertz CT molecular complexity index is 1320. The van der Waals surface area contributed by atoms with E-state index in [9.17, 15) is 18.4 Å². The highest BCUT2D eigenvalue weighted by Crippen LogP contribution is 2.49. The third-order valence-corrected chi connectivity index (χ3v) is 7.23. The third-order valence-electron chi connectivity index (χ3n) is 7.23. The second-order valence-corrected chi connectivity index (χ2v) is 9.09. The van der Waals surface area contributed by atoms with Crippen molar-refractivity contribution in [1.29, 1.82) is 0 Å². The maximum atomic E-state index is 13.8. The van der Waals surface area contributed by atoms with Crippen LogP contribution in [-0.2, 0) is 14.3 Å². The number of carbonyl (C=O) groups excluding carboxylic acids is 2. The van der Waals surface area contributed by atoms with Crippen LogP contribution < -0.4 is 10.1 Å². The molecule has 2 heterocycles. The van der Waals surface area contributed by atoms with Crippen LogP contribution in [0.3, 0.4) is 0 Å². The van der Waals surface area contributed by atoms with E-state index in [2.05, 4.69) is 15.0 Å². The summed E-state index contributed by atoms with van der Waals surface area (Å²) in [5.74, 6) is -1.80. The zero-order chi connectivity index (χ0) is 24.7. The SMILES string of the molecule is COc1ccccc1[C@H]1CC(=O)C2C(C1)NC(C)=C(C(=O)OC(F)F)[C@H]2c1cccc2[nH]ccc12. The molecule has 1 aliphatic heterocycles. The predicted molar refractivity (Wildman–Crippen MR) is 126 cm³/mol. The lowest BCUT2D eigenvalue weighted by molar-refractivity contribution is -0.172. The van der Waals surface area contributed by atoms with Crippen molar-refractivity contribution in [3.8, 4) is 5.75 Å². The molecule has 2 N–H and O–H groups in total. The Morgan fingerprint density at radius 2 is 1.86 bits per heavy atom. The molecule has 4 atom stereocenters. The topological polar surface area (TPSA) is 80.4 Å². The van der Waals surface area contributed by atoms with E-state index in [0.29, 0.717) is 12.1 Å². The Morgan fingerprint density at radius 3 is 2.63 bits per heavy atom. The Hall–Kier alpha value is -3.68. The molecule has 2 unspecified atom stereocenters. The van der Waals surface area contributed by atoms with Gasteiger partial charge in [-0.2, -0.15) is 8.78 Å². The average Bonchev–Trinajstić information content (AvgIpc) is 3.31. The van der Waals surface area contributed by atoms with E-state index >= 15 is 0 Å². The molecule has 2 aliphatic rings. The summed E-state index contributed by atoms with van der Waals surface area (Å²) in [7, 11) is 1.60. The fraction of sp³-hybridized carbons (Fsp3) is 0.333. The Labute approximate surface area is 201 Å². The number of allylic oxidation sites excluding steroid dienone is 1. The van der Waals surface area contributed by atoms with Crippen LogP contribution >= 0.6 is 0 Å². The first kappa shape index (κ1) is 23.1. The highest BCUT2D eigenvalue weighted by Gasteiger charge is 2.49. The molecule has 6 nitrogen and oxygen atoms in total. The zero-order valence-corrected chi connectivity index (χ0v) is 19.4. The van der Waals surface area contributed by atoms with Crippen molar-refractivity contribution in [3.63, 3.8) is 0 Å². The van der Waals surface area contributed by atoms with Crippen molar-refractivity contribution in [2.24, 2.45) is 5.92 Å². The predicted octanol–water partition coefficient (Wildman–Crippen LogP) is 5.03. The van der Waals surface area contributed by atoms with Crippen molar-refractivity contribution in [3.05, 3.63) is 77.1 Å². The Kier molecular flexibility index (Phi) is 6.05. The lowest BCUT2D eigenvalue weighted by atomic mass is 9.64. The van der Waals surface area contributed by atoms with E-state index in [4.69, 9.17) is 4.74 Å². The van der Waals surface area contributed by atoms with Gasteiger partial charge in [0.15, 0.2) is 0 Å². The molecule has 2 aromatic carbocycles. The maximum absolute atomic E-state index is 13.8. The van der Waals surface area contributed by atoms with Crippen LogP contribution in [0, 0.1) is 5.92 Å². The molecule has 0 bridgehead atoms. The van der Waals surface area contributed by atoms with Gasteiger partial charge >= 0.3 is 12.6 Å². The highest BCUT2D eigenvalue weighted by atomic mass is 19.3. The molecule has 35 heavy (non-hydrogen) atoms. The lowest BCUT2D eigenvalue weighted by Crippen LogP contribution is -2.52. The first-order valence-corrected chi connectivity index (χ1v) is 11.6. The largest absolute Gasteiger partial charge is 0.496 e. The molecule has 8 heteroatoms.